The lowest BCUT2D eigenvalue weighted by Gasteiger charge is -2.10. The lowest BCUT2D eigenvalue weighted by Crippen LogP contribution is -2.28. The molecule has 1 rings (SSSR count). The molecular weight excluding hydrogens is 338 g/mol. The number of rotatable bonds is 10. The van der Waals surface area contributed by atoms with Crippen LogP contribution in [0.2, 0.25) is 0 Å². The van der Waals surface area contributed by atoms with E-state index in [9.17, 15) is 9.59 Å². The molecule has 0 heterocycles. The van der Waals surface area contributed by atoms with Gasteiger partial charge in [-0.3, -0.25) is 9.59 Å². The van der Waals surface area contributed by atoms with Gasteiger partial charge < -0.3 is 24.8 Å². The molecule has 0 fully saturated rings. The first-order chi connectivity index (χ1) is 12.5. The summed E-state index contributed by atoms with van der Waals surface area (Å²) in [5.74, 6) is 0.249. The van der Waals surface area contributed by atoms with Crippen molar-refractivity contribution >= 4 is 11.9 Å². The van der Waals surface area contributed by atoms with Crippen LogP contribution < -0.4 is 20.1 Å². The van der Waals surface area contributed by atoms with Gasteiger partial charge in [-0.25, -0.2) is 0 Å². The van der Waals surface area contributed by atoms with E-state index in [0.717, 1.165) is 5.56 Å². The monoisotopic (exact) mass is 361 g/mol. The number of carbonyl (C=O) groups is 2. The number of esters is 1. The summed E-state index contributed by atoms with van der Waals surface area (Å²) in [5.41, 5.74) is 0.826. The van der Waals surface area contributed by atoms with E-state index in [1.54, 1.807) is 33.3 Å². The van der Waals surface area contributed by atoms with Gasteiger partial charge in [0.15, 0.2) is 11.5 Å². The van der Waals surface area contributed by atoms with Gasteiger partial charge in [-0.05, 0) is 31.0 Å². The predicted octanol–water partition coefficient (Wildman–Crippen LogP) is 0.923. The third-order valence-electron chi connectivity index (χ3n) is 3.31. The first-order valence-electron chi connectivity index (χ1n) is 8.04. The SMILES string of the molecule is CCOC(=O)CN/C=C(/C#N)C(=O)NCCc1ccc(OC)c(OC)c1. The fourth-order valence-electron chi connectivity index (χ4n) is 2.05. The molecule has 0 aliphatic rings. The van der Waals surface area contributed by atoms with E-state index >= 15 is 0 Å². The van der Waals surface area contributed by atoms with E-state index in [2.05, 4.69) is 10.6 Å². The van der Waals surface area contributed by atoms with Crippen molar-refractivity contribution in [2.45, 2.75) is 13.3 Å². The summed E-state index contributed by atoms with van der Waals surface area (Å²) in [6.45, 7) is 2.19. The van der Waals surface area contributed by atoms with Crippen molar-refractivity contribution in [1.29, 1.82) is 5.26 Å². The largest absolute Gasteiger partial charge is 0.493 e. The van der Waals surface area contributed by atoms with Crippen molar-refractivity contribution in [2.75, 3.05) is 33.9 Å². The van der Waals surface area contributed by atoms with Crippen molar-refractivity contribution in [2.24, 2.45) is 0 Å². The van der Waals surface area contributed by atoms with Gasteiger partial charge in [-0.2, -0.15) is 5.26 Å². The lowest BCUT2D eigenvalue weighted by atomic mass is 10.1. The van der Waals surface area contributed by atoms with E-state index in [1.807, 2.05) is 12.1 Å². The Morgan fingerprint density at radius 1 is 1.23 bits per heavy atom. The van der Waals surface area contributed by atoms with E-state index in [1.165, 1.54) is 6.20 Å². The molecule has 1 aromatic rings. The molecule has 0 bridgehead atoms. The van der Waals surface area contributed by atoms with E-state index in [4.69, 9.17) is 19.5 Å². The molecule has 8 heteroatoms. The number of ether oxygens (including phenoxy) is 3. The zero-order chi connectivity index (χ0) is 19.4. The molecule has 0 spiro atoms. The minimum absolute atomic E-state index is 0.113. The molecule has 0 radical (unpaired) electrons. The first kappa shape index (κ1) is 20.8. The third kappa shape index (κ3) is 6.73. The van der Waals surface area contributed by atoms with Crippen LogP contribution in [0, 0.1) is 11.3 Å². The Hall–Kier alpha value is -3.21. The highest BCUT2D eigenvalue weighted by molar-refractivity contribution is 5.97. The van der Waals surface area contributed by atoms with Gasteiger partial charge in [0, 0.05) is 12.7 Å². The first-order valence-corrected chi connectivity index (χ1v) is 8.04. The second kappa shape index (κ2) is 11.4. The molecule has 0 aliphatic carbocycles. The molecule has 0 aliphatic heterocycles. The average Bonchev–Trinajstić information content (AvgIpc) is 2.65. The number of nitrogens with one attached hydrogen (secondary N) is 2. The van der Waals surface area contributed by atoms with Crippen LogP contribution in [0.1, 0.15) is 12.5 Å². The van der Waals surface area contributed by atoms with Crippen LogP contribution in [0.4, 0.5) is 0 Å². The quantitative estimate of drug-likeness (QED) is 0.362. The summed E-state index contributed by atoms with van der Waals surface area (Å²) in [7, 11) is 3.11. The normalized spacial score (nSPS) is 10.5. The molecule has 0 atom stereocenters. The van der Waals surface area contributed by atoms with Gasteiger partial charge in [-0.1, -0.05) is 6.07 Å². The van der Waals surface area contributed by atoms with Crippen molar-refractivity contribution in [1.82, 2.24) is 10.6 Å². The second-order valence-electron chi connectivity index (χ2n) is 5.05. The molecular formula is C18H23N3O5. The molecule has 0 unspecified atom stereocenters. The highest BCUT2D eigenvalue weighted by Crippen LogP contribution is 2.27. The van der Waals surface area contributed by atoms with Gasteiger partial charge in [0.05, 0.1) is 20.8 Å². The van der Waals surface area contributed by atoms with Gasteiger partial charge in [0.1, 0.15) is 18.2 Å². The van der Waals surface area contributed by atoms with E-state index < -0.39 is 11.9 Å². The zero-order valence-corrected chi connectivity index (χ0v) is 15.1. The topological polar surface area (TPSA) is 110 Å². The fourth-order valence-corrected chi connectivity index (χ4v) is 2.05. The maximum absolute atomic E-state index is 12.0. The number of nitrogens with zero attached hydrogens (tertiary/aromatic N) is 1. The molecule has 0 saturated carbocycles. The maximum atomic E-state index is 12.0. The second-order valence-corrected chi connectivity index (χ2v) is 5.05. The van der Waals surface area contributed by atoms with Gasteiger partial charge >= 0.3 is 5.97 Å². The summed E-state index contributed by atoms with van der Waals surface area (Å²) in [4.78, 5) is 23.2. The summed E-state index contributed by atoms with van der Waals surface area (Å²) < 4.78 is 15.1. The summed E-state index contributed by atoms with van der Waals surface area (Å²) >= 11 is 0. The number of hydrogen-bond acceptors (Lipinski definition) is 7. The Bertz CT molecular complexity index is 695. The van der Waals surface area contributed by atoms with Crippen LogP contribution >= 0.6 is 0 Å². The highest BCUT2D eigenvalue weighted by atomic mass is 16.5. The fraction of sp³-hybridized carbons (Fsp3) is 0.389. The lowest BCUT2D eigenvalue weighted by molar-refractivity contribution is -0.141. The standard InChI is InChI=1S/C18H23N3O5/c1-4-26-17(22)12-20-11-14(10-19)18(23)21-8-7-13-5-6-15(24-2)16(9-13)25-3/h5-6,9,11,20H,4,7-8,12H2,1-3H3,(H,21,23)/b14-11-. The molecule has 26 heavy (non-hydrogen) atoms. The van der Waals surface area contributed by atoms with Crippen molar-refractivity contribution in [3.8, 4) is 17.6 Å². The molecule has 1 aromatic carbocycles. The Morgan fingerprint density at radius 2 is 1.96 bits per heavy atom. The summed E-state index contributed by atoms with van der Waals surface area (Å²) in [5, 5.41) is 14.3. The molecule has 0 saturated heterocycles. The number of nitriles is 1. The Morgan fingerprint density at radius 3 is 2.58 bits per heavy atom. The molecule has 2 N–H and O–H groups in total. The van der Waals surface area contributed by atoms with Gasteiger partial charge in [-0.15, -0.1) is 0 Å². The molecule has 8 nitrogen and oxygen atoms in total. The number of methoxy groups -OCH3 is 2. The average molecular weight is 361 g/mol. The smallest absolute Gasteiger partial charge is 0.325 e. The predicted molar refractivity (Wildman–Crippen MR) is 94.6 cm³/mol. The van der Waals surface area contributed by atoms with Crippen LogP contribution in [0.3, 0.4) is 0 Å². The number of benzene rings is 1. The van der Waals surface area contributed by atoms with Gasteiger partial charge in [0.2, 0.25) is 0 Å². The molecule has 1 amide bonds. The van der Waals surface area contributed by atoms with Crippen molar-refractivity contribution in [3.63, 3.8) is 0 Å². The minimum atomic E-state index is -0.524. The van der Waals surface area contributed by atoms with Crippen LogP contribution in [0.5, 0.6) is 11.5 Å². The van der Waals surface area contributed by atoms with E-state index in [0.29, 0.717) is 24.5 Å². The summed E-state index contributed by atoms with van der Waals surface area (Å²) in [6.07, 6.45) is 1.75. The van der Waals surface area contributed by atoms with Crippen LogP contribution in [0.25, 0.3) is 0 Å². The Labute approximate surface area is 152 Å². The van der Waals surface area contributed by atoms with Crippen molar-refractivity contribution in [3.05, 3.63) is 35.5 Å². The molecule has 0 aromatic heterocycles. The van der Waals surface area contributed by atoms with Crippen molar-refractivity contribution < 1.29 is 23.8 Å². The highest BCUT2D eigenvalue weighted by Gasteiger charge is 2.09. The Balaban J connectivity index is 2.51. The third-order valence-corrected chi connectivity index (χ3v) is 3.31. The number of carbonyl (C=O) groups excluding carboxylic acids is 2. The number of amides is 1. The molecule has 140 valence electrons. The summed E-state index contributed by atoms with van der Waals surface area (Å²) in [6, 6.07) is 7.27. The maximum Gasteiger partial charge on any atom is 0.325 e. The number of hydrogen-bond donors (Lipinski definition) is 2. The minimum Gasteiger partial charge on any atom is -0.493 e. The van der Waals surface area contributed by atoms with Gasteiger partial charge in [0.25, 0.3) is 5.91 Å². The zero-order valence-electron chi connectivity index (χ0n) is 15.1. The van der Waals surface area contributed by atoms with Crippen LogP contribution in [0.15, 0.2) is 30.0 Å². The van der Waals surface area contributed by atoms with Crippen LogP contribution in [-0.2, 0) is 20.7 Å². The Kier molecular flexibility index (Phi) is 9.10. The van der Waals surface area contributed by atoms with E-state index in [-0.39, 0.29) is 18.7 Å². The van der Waals surface area contributed by atoms with Crippen LogP contribution in [-0.4, -0.2) is 45.8 Å².